The smallest absolute Gasteiger partial charge is 0.154 e. The minimum atomic E-state index is -0.632. The van der Waals surface area contributed by atoms with E-state index < -0.39 is 6.29 Å². The van der Waals surface area contributed by atoms with Crippen molar-refractivity contribution in [3.63, 3.8) is 0 Å². The van der Waals surface area contributed by atoms with E-state index in [0.29, 0.717) is 25.6 Å². The fraction of sp³-hybridized carbons (Fsp3) is 1.00. The second-order valence-electron chi connectivity index (χ2n) is 3.20. The SMILES string of the molecule is CCC(O)OCCOCC(C)C. The van der Waals surface area contributed by atoms with Gasteiger partial charge in [0, 0.05) is 6.61 Å². The lowest BCUT2D eigenvalue weighted by Crippen LogP contribution is -2.15. The summed E-state index contributed by atoms with van der Waals surface area (Å²) >= 11 is 0. The molecule has 74 valence electrons. The van der Waals surface area contributed by atoms with Crippen LogP contribution in [0.1, 0.15) is 27.2 Å². The molecule has 0 spiro atoms. The maximum atomic E-state index is 8.99. The van der Waals surface area contributed by atoms with E-state index in [9.17, 15) is 0 Å². The lowest BCUT2D eigenvalue weighted by atomic mass is 10.2. The van der Waals surface area contributed by atoms with Crippen LogP contribution in [0.2, 0.25) is 0 Å². The molecule has 12 heavy (non-hydrogen) atoms. The molecule has 0 fully saturated rings. The first-order valence-corrected chi connectivity index (χ1v) is 4.54. The Morgan fingerprint density at radius 2 is 1.92 bits per heavy atom. The monoisotopic (exact) mass is 176 g/mol. The summed E-state index contributed by atoms with van der Waals surface area (Å²) in [6.07, 6.45) is -0.00266. The summed E-state index contributed by atoms with van der Waals surface area (Å²) < 4.78 is 10.3. The fourth-order valence-corrected chi connectivity index (χ4v) is 0.680. The van der Waals surface area contributed by atoms with Gasteiger partial charge < -0.3 is 14.6 Å². The highest BCUT2D eigenvalue weighted by atomic mass is 16.6. The van der Waals surface area contributed by atoms with Crippen LogP contribution in [-0.2, 0) is 9.47 Å². The van der Waals surface area contributed by atoms with Gasteiger partial charge in [0.1, 0.15) is 0 Å². The van der Waals surface area contributed by atoms with Gasteiger partial charge in [-0.25, -0.2) is 0 Å². The number of ether oxygens (including phenoxy) is 2. The minimum absolute atomic E-state index is 0.474. The second-order valence-corrected chi connectivity index (χ2v) is 3.20. The molecule has 1 unspecified atom stereocenters. The van der Waals surface area contributed by atoms with Crippen molar-refractivity contribution in [2.24, 2.45) is 5.92 Å². The number of aliphatic hydroxyl groups excluding tert-OH is 1. The fourth-order valence-electron chi connectivity index (χ4n) is 0.680. The van der Waals surface area contributed by atoms with Crippen molar-refractivity contribution in [1.29, 1.82) is 0 Å². The van der Waals surface area contributed by atoms with Crippen molar-refractivity contribution in [1.82, 2.24) is 0 Å². The lowest BCUT2D eigenvalue weighted by molar-refractivity contribution is -0.114. The highest BCUT2D eigenvalue weighted by Crippen LogP contribution is 1.94. The van der Waals surface area contributed by atoms with Crippen molar-refractivity contribution in [3.05, 3.63) is 0 Å². The average molecular weight is 176 g/mol. The van der Waals surface area contributed by atoms with Gasteiger partial charge in [0.2, 0.25) is 0 Å². The van der Waals surface area contributed by atoms with E-state index in [1.165, 1.54) is 0 Å². The summed E-state index contributed by atoms with van der Waals surface area (Å²) in [5.41, 5.74) is 0. The van der Waals surface area contributed by atoms with Crippen LogP contribution in [0.3, 0.4) is 0 Å². The standard InChI is InChI=1S/C9H20O3/c1-4-9(10)12-6-5-11-7-8(2)3/h8-10H,4-7H2,1-3H3. The zero-order valence-electron chi connectivity index (χ0n) is 8.25. The first kappa shape index (κ1) is 11.9. The molecule has 3 nitrogen and oxygen atoms in total. The van der Waals surface area contributed by atoms with Gasteiger partial charge in [-0.15, -0.1) is 0 Å². The summed E-state index contributed by atoms with van der Waals surface area (Å²) in [5.74, 6) is 0.557. The van der Waals surface area contributed by atoms with E-state index in [1.54, 1.807) is 0 Å². The van der Waals surface area contributed by atoms with Gasteiger partial charge in [-0.2, -0.15) is 0 Å². The van der Waals surface area contributed by atoms with Gasteiger partial charge in [-0.3, -0.25) is 0 Å². The van der Waals surface area contributed by atoms with Crippen LogP contribution < -0.4 is 0 Å². The van der Waals surface area contributed by atoms with Gasteiger partial charge in [-0.05, 0) is 12.3 Å². The third kappa shape index (κ3) is 7.98. The molecule has 0 amide bonds. The Hall–Kier alpha value is -0.120. The van der Waals surface area contributed by atoms with Crippen molar-refractivity contribution in [3.8, 4) is 0 Å². The number of hydrogen-bond acceptors (Lipinski definition) is 3. The molecule has 0 bridgehead atoms. The summed E-state index contributed by atoms with van der Waals surface area (Å²) in [6, 6.07) is 0. The van der Waals surface area contributed by atoms with Crippen LogP contribution in [0.4, 0.5) is 0 Å². The van der Waals surface area contributed by atoms with Crippen LogP contribution in [-0.4, -0.2) is 31.2 Å². The maximum absolute atomic E-state index is 8.99. The van der Waals surface area contributed by atoms with E-state index in [1.807, 2.05) is 6.92 Å². The van der Waals surface area contributed by atoms with E-state index >= 15 is 0 Å². The van der Waals surface area contributed by atoms with E-state index in [0.717, 1.165) is 6.61 Å². The maximum Gasteiger partial charge on any atom is 0.154 e. The Morgan fingerprint density at radius 3 is 2.42 bits per heavy atom. The van der Waals surface area contributed by atoms with Gasteiger partial charge in [0.05, 0.1) is 13.2 Å². The molecule has 3 heteroatoms. The molecule has 0 aliphatic rings. The molecule has 1 N–H and O–H groups in total. The normalized spacial score (nSPS) is 13.8. The second kappa shape index (κ2) is 7.53. The Bertz CT molecular complexity index is 93.8. The van der Waals surface area contributed by atoms with Crippen LogP contribution >= 0.6 is 0 Å². The third-order valence-corrected chi connectivity index (χ3v) is 1.34. The molecule has 0 aromatic heterocycles. The number of hydrogen-bond donors (Lipinski definition) is 1. The molecule has 0 aliphatic carbocycles. The van der Waals surface area contributed by atoms with Gasteiger partial charge in [-0.1, -0.05) is 20.8 Å². The van der Waals surface area contributed by atoms with E-state index in [4.69, 9.17) is 14.6 Å². The number of rotatable bonds is 7. The van der Waals surface area contributed by atoms with Gasteiger partial charge in [0.25, 0.3) is 0 Å². The molecular formula is C9H20O3. The van der Waals surface area contributed by atoms with Crippen LogP contribution in [0.15, 0.2) is 0 Å². The summed E-state index contributed by atoms with van der Waals surface area (Å²) in [4.78, 5) is 0. The Labute approximate surface area is 74.7 Å². The molecule has 0 saturated heterocycles. The zero-order valence-corrected chi connectivity index (χ0v) is 8.25. The van der Waals surface area contributed by atoms with Crippen LogP contribution in [0, 0.1) is 5.92 Å². The zero-order chi connectivity index (χ0) is 9.40. The summed E-state index contributed by atoms with van der Waals surface area (Å²) in [7, 11) is 0. The van der Waals surface area contributed by atoms with Crippen molar-refractivity contribution < 1.29 is 14.6 Å². The average Bonchev–Trinajstić information content (AvgIpc) is 2.03. The molecule has 0 aromatic carbocycles. The van der Waals surface area contributed by atoms with Crippen molar-refractivity contribution in [2.75, 3.05) is 19.8 Å². The van der Waals surface area contributed by atoms with Gasteiger partial charge in [0.15, 0.2) is 6.29 Å². The number of aliphatic hydroxyl groups is 1. The molecule has 1 atom stereocenters. The Balaban J connectivity index is 3.00. The molecule has 0 radical (unpaired) electrons. The van der Waals surface area contributed by atoms with Gasteiger partial charge >= 0.3 is 0 Å². The predicted molar refractivity (Wildman–Crippen MR) is 47.9 cm³/mol. The highest BCUT2D eigenvalue weighted by molar-refractivity contribution is 4.40. The first-order valence-electron chi connectivity index (χ1n) is 4.54. The summed E-state index contributed by atoms with van der Waals surface area (Å²) in [5, 5.41) is 8.99. The summed E-state index contributed by atoms with van der Waals surface area (Å²) in [6.45, 7) is 7.87. The molecule has 0 rings (SSSR count). The molecule has 0 heterocycles. The Kier molecular flexibility index (Phi) is 7.45. The molecular weight excluding hydrogens is 156 g/mol. The van der Waals surface area contributed by atoms with Crippen molar-refractivity contribution in [2.45, 2.75) is 33.5 Å². The lowest BCUT2D eigenvalue weighted by Gasteiger charge is -2.10. The molecule has 0 aliphatic heterocycles. The molecule has 0 saturated carbocycles. The van der Waals surface area contributed by atoms with Crippen molar-refractivity contribution >= 4 is 0 Å². The largest absolute Gasteiger partial charge is 0.379 e. The molecule has 0 aromatic rings. The minimum Gasteiger partial charge on any atom is -0.379 e. The van der Waals surface area contributed by atoms with Crippen LogP contribution in [0.25, 0.3) is 0 Å². The van der Waals surface area contributed by atoms with Crippen LogP contribution in [0.5, 0.6) is 0 Å². The predicted octanol–water partition coefficient (Wildman–Crippen LogP) is 1.40. The van der Waals surface area contributed by atoms with E-state index in [-0.39, 0.29) is 0 Å². The topological polar surface area (TPSA) is 38.7 Å². The Morgan fingerprint density at radius 1 is 1.25 bits per heavy atom. The highest BCUT2D eigenvalue weighted by Gasteiger charge is 1.99. The first-order chi connectivity index (χ1) is 5.66. The quantitative estimate of drug-likeness (QED) is 0.471. The third-order valence-electron chi connectivity index (χ3n) is 1.34. The van der Waals surface area contributed by atoms with E-state index in [2.05, 4.69) is 13.8 Å².